The van der Waals surface area contributed by atoms with Crippen molar-refractivity contribution in [2.75, 3.05) is 0 Å². The van der Waals surface area contributed by atoms with Crippen LogP contribution in [0.4, 0.5) is 4.39 Å². The first-order valence-corrected chi connectivity index (χ1v) is 5.66. The molecule has 1 rings (SSSR count). The Balaban J connectivity index is 2.62. The summed E-state index contributed by atoms with van der Waals surface area (Å²) in [6.07, 6.45) is 0. The highest BCUT2D eigenvalue weighted by atomic mass is 19.1. The van der Waals surface area contributed by atoms with E-state index in [2.05, 4.69) is 5.32 Å². The largest absolute Gasteiger partial charge is 0.481 e. The fraction of sp³-hybridized carbons (Fsp3) is 0.385. The van der Waals surface area contributed by atoms with E-state index in [1.165, 1.54) is 18.2 Å². The summed E-state index contributed by atoms with van der Waals surface area (Å²) in [7, 11) is 0. The number of aliphatic carboxylic acids is 1. The monoisotopic (exact) mass is 253 g/mol. The van der Waals surface area contributed by atoms with Gasteiger partial charge in [0.15, 0.2) is 0 Å². The molecule has 1 aromatic rings. The van der Waals surface area contributed by atoms with E-state index < -0.39 is 17.8 Å². The average molecular weight is 253 g/mol. The second-order valence-electron chi connectivity index (χ2n) is 4.41. The van der Waals surface area contributed by atoms with Crippen molar-refractivity contribution in [1.82, 2.24) is 5.32 Å². The SMILES string of the molecule is CC(C)C(C(=O)O)C(=O)NCc1cccc(F)c1. The summed E-state index contributed by atoms with van der Waals surface area (Å²) >= 11 is 0. The number of carbonyl (C=O) groups is 2. The Morgan fingerprint density at radius 1 is 1.39 bits per heavy atom. The molecule has 1 amide bonds. The molecule has 0 aliphatic heterocycles. The Hall–Kier alpha value is -1.91. The lowest BCUT2D eigenvalue weighted by Crippen LogP contribution is -2.38. The molecule has 1 unspecified atom stereocenters. The molecule has 0 aliphatic rings. The summed E-state index contributed by atoms with van der Waals surface area (Å²) in [5.74, 6) is -3.47. The Morgan fingerprint density at radius 2 is 2.06 bits per heavy atom. The summed E-state index contributed by atoms with van der Waals surface area (Å²) in [6, 6.07) is 5.80. The van der Waals surface area contributed by atoms with Crippen molar-refractivity contribution in [3.05, 3.63) is 35.6 Å². The summed E-state index contributed by atoms with van der Waals surface area (Å²) in [4.78, 5) is 22.6. The maximum Gasteiger partial charge on any atom is 0.316 e. The van der Waals surface area contributed by atoms with E-state index >= 15 is 0 Å². The van der Waals surface area contributed by atoms with E-state index in [1.807, 2.05) is 0 Å². The molecule has 1 aromatic carbocycles. The lowest BCUT2D eigenvalue weighted by atomic mass is 9.95. The minimum Gasteiger partial charge on any atom is -0.481 e. The molecule has 0 spiro atoms. The molecule has 1 atom stereocenters. The van der Waals surface area contributed by atoms with Crippen LogP contribution in [-0.2, 0) is 16.1 Å². The molecule has 98 valence electrons. The third-order valence-corrected chi connectivity index (χ3v) is 2.57. The molecule has 0 saturated carbocycles. The molecule has 0 aromatic heterocycles. The van der Waals surface area contributed by atoms with Gasteiger partial charge in [-0.2, -0.15) is 0 Å². The fourth-order valence-corrected chi connectivity index (χ4v) is 1.65. The Bertz CT molecular complexity index is 446. The van der Waals surface area contributed by atoms with E-state index in [1.54, 1.807) is 19.9 Å². The number of rotatable bonds is 5. The normalized spacial score (nSPS) is 12.2. The predicted molar refractivity (Wildman–Crippen MR) is 64.2 cm³/mol. The van der Waals surface area contributed by atoms with Gasteiger partial charge in [-0.15, -0.1) is 0 Å². The number of carbonyl (C=O) groups excluding carboxylic acids is 1. The standard InChI is InChI=1S/C13H16FNO3/c1-8(2)11(13(17)18)12(16)15-7-9-4-3-5-10(14)6-9/h3-6,8,11H,7H2,1-2H3,(H,15,16)(H,17,18). The van der Waals surface area contributed by atoms with Gasteiger partial charge in [0.25, 0.3) is 0 Å². The molecule has 0 bridgehead atoms. The van der Waals surface area contributed by atoms with E-state index in [9.17, 15) is 14.0 Å². The summed E-state index contributed by atoms with van der Waals surface area (Å²) in [5.41, 5.74) is 0.594. The second kappa shape index (κ2) is 6.14. The van der Waals surface area contributed by atoms with Crippen LogP contribution in [0.3, 0.4) is 0 Å². The van der Waals surface area contributed by atoms with Crippen LogP contribution in [0.25, 0.3) is 0 Å². The van der Waals surface area contributed by atoms with Gasteiger partial charge in [-0.05, 0) is 23.6 Å². The highest BCUT2D eigenvalue weighted by molar-refractivity contribution is 5.97. The molecule has 0 saturated heterocycles. The zero-order valence-corrected chi connectivity index (χ0v) is 10.3. The van der Waals surface area contributed by atoms with Crippen molar-refractivity contribution in [3.63, 3.8) is 0 Å². The predicted octanol–water partition coefficient (Wildman–Crippen LogP) is 1.80. The number of carboxylic acids is 1. The molecular formula is C13H16FNO3. The first kappa shape index (κ1) is 14.2. The highest BCUT2D eigenvalue weighted by Crippen LogP contribution is 2.11. The second-order valence-corrected chi connectivity index (χ2v) is 4.41. The number of hydrogen-bond acceptors (Lipinski definition) is 2. The quantitative estimate of drug-likeness (QED) is 0.786. The van der Waals surface area contributed by atoms with Crippen LogP contribution in [0.1, 0.15) is 19.4 Å². The van der Waals surface area contributed by atoms with Crippen molar-refractivity contribution in [2.24, 2.45) is 11.8 Å². The smallest absolute Gasteiger partial charge is 0.316 e. The van der Waals surface area contributed by atoms with Crippen LogP contribution in [0.5, 0.6) is 0 Å². The molecule has 2 N–H and O–H groups in total. The molecule has 0 heterocycles. The van der Waals surface area contributed by atoms with Gasteiger partial charge >= 0.3 is 5.97 Å². The van der Waals surface area contributed by atoms with E-state index in [-0.39, 0.29) is 18.3 Å². The van der Waals surface area contributed by atoms with Crippen molar-refractivity contribution >= 4 is 11.9 Å². The van der Waals surface area contributed by atoms with Gasteiger partial charge in [0, 0.05) is 6.54 Å². The van der Waals surface area contributed by atoms with Crippen LogP contribution < -0.4 is 5.32 Å². The number of halogens is 1. The molecular weight excluding hydrogens is 237 g/mol. The van der Waals surface area contributed by atoms with Crippen molar-refractivity contribution in [3.8, 4) is 0 Å². The van der Waals surface area contributed by atoms with E-state index in [0.29, 0.717) is 5.56 Å². The third kappa shape index (κ3) is 3.84. The van der Waals surface area contributed by atoms with Crippen LogP contribution in [0.15, 0.2) is 24.3 Å². The van der Waals surface area contributed by atoms with E-state index in [4.69, 9.17) is 5.11 Å². The summed E-state index contributed by atoms with van der Waals surface area (Å²) in [5, 5.41) is 11.4. The molecule has 18 heavy (non-hydrogen) atoms. The minimum atomic E-state index is -1.15. The highest BCUT2D eigenvalue weighted by Gasteiger charge is 2.29. The molecule has 0 aliphatic carbocycles. The zero-order valence-electron chi connectivity index (χ0n) is 10.3. The first-order chi connectivity index (χ1) is 8.41. The Kier molecular flexibility index (Phi) is 4.83. The van der Waals surface area contributed by atoms with Gasteiger partial charge < -0.3 is 10.4 Å². The van der Waals surface area contributed by atoms with Gasteiger partial charge in [0.2, 0.25) is 5.91 Å². The van der Waals surface area contributed by atoms with E-state index in [0.717, 1.165) is 0 Å². The summed E-state index contributed by atoms with van der Waals surface area (Å²) < 4.78 is 12.9. The molecule has 0 fully saturated rings. The zero-order chi connectivity index (χ0) is 13.7. The van der Waals surface area contributed by atoms with Gasteiger partial charge in [0.05, 0.1) is 0 Å². The van der Waals surface area contributed by atoms with Gasteiger partial charge in [-0.1, -0.05) is 26.0 Å². The summed E-state index contributed by atoms with van der Waals surface area (Å²) in [6.45, 7) is 3.45. The van der Waals surface area contributed by atoms with Crippen LogP contribution in [-0.4, -0.2) is 17.0 Å². The first-order valence-electron chi connectivity index (χ1n) is 5.66. The maximum absolute atomic E-state index is 12.9. The van der Waals surface area contributed by atoms with Crippen molar-refractivity contribution in [2.45, 2.75) is 20.4 Å². The topological polar surface area (TPSA) is 66.4 Å². The van der Waals surface area contributed by atoms with Crippen LogP contribution in [0.2, 0.25) is 0 Å². The average Bonchev–Trinajstić information content (AvgIpc) is 2.25. The number of hydrogen-bond donors (Lipinski definition) is 2. The van der Waals surface area contributed by atoms with Gasteiger partial charge in [-0.25, -0.2) is 4.39 Å². The number of benzene rings is 1. The van der Waals surface area contributed by atoms with Crippen molar-refractivity contribution < 1.29 is 19.1 Å². The van der Waals surface area contributed by atoms with Crippen molar-refractivity contribution in [1.29, 1.82) is 0 Å². The number of nitrogens with one attached hydrogen (secondary N) is 1. The molecule has 4 nitrogen and oxygen atoms in total. The van der Waals surface area contributed by atoms with Crippen LogP contribution in [0, 0.1) is 17.7 Å². The third-order valence-electron chi connectivity index (χ3n) is 2.57. The van der Waals surface area contributed by atoms with Crippen LogP contribution >= 0.6 is 0 Å². The number of carboxylic acid groups (broad SMARTS) is 1. The molecule has 5 heteroatoms. The lowest BCUT2D eigenvalue weighted by Gasteiger charge is -2.15. The molecule has 0 radical (unpaired) electrons. The fourth-order valence-electron chi connectivity index (χ4n) is 1.65. The van der Waals surface area contributed by atoms with Gasteiger partial charge in [-0.3, -0.25) is 9.59 Å². The lowest BCUT2D eigenvalue weighted by molar-refractivity contribution is -0.148. The minimum absolute atomic E-state index is 0.118. The number of amides is 1. The van der Waals surface area contributed by atoms with Gasteiger partial charge in [0.1, 0.15) is 11.7 Å². The Morgan fingerprint density at radius 3 is 2.56 bits per heavy atom. The maximum atomic E-state index is 12.9. The Labute approximate surface area is 105 Å².